The molecule has 0 aliphatic carbocycles. The van der Waals surface area contributed by atoms with Crippen LogP contribution in [0.3, 0.4) is 0 Å². The number of non-ortho nitro benzene ring substituents is 1. The molecule has 1 unspecified atom stereocenters. The number of hydrogen-bond acceptors (Lipinski definition) is 5. The summed E-state index contributed by atoms with van der Waals surface area (Å²) in [5.74, 6) is 1.58. The summed E-state index contributed by atoms with van der Waals surface area (Å²) < 4.78 is 11.1. The molecule has 0 radical (unpaired) electrons. The Labute approximate surface area is 181 Å². The quantitative estimate of drug-likeness (QED) is 0.206. The monoisotopic (exact) mass is 500 g/mol. The molecule has 0 saturated carbocycles. The first-order valence-corrected chi connectivity index (χ1v) is 8.98. The molecule has 1 atom stereocenters. The summed E-state index contributed by atoms with van der Waals surface area (Å²) in [5.41, 5.74) is 0.984. The molecule has 1 aliphatic heterocycles. The number of aliphatic imine (C=N–C) groups is 1. The Morgan fingerprint density at radius 1 is 1.36 bits per heavy atom. The molecule has 9 heteroatoms. The molecule has 1 aliphatic rings. The van der Waals surface area contributed by atoms with Crippen LogP contribution in [0.2, 0.25) is 0 Å². The van der Waals surface area contributed by atoms with Crippen LogP contribution in [0.15, 0.2) is 52.1 Å². The molecule has 1 aromatic heterocycles. The Kier molecular flexibility index (Phi) is 8.71. The maximum atomic E-state index is 10.8. The first-order chi connectivity index (χ1) is 13.1. The zero-order valence-corrected chi connectivity index (χ0v) is 18.1. The summed E-state index contributed by atoms with van der Waals surface area (Å²) >= 11 is 0. The lowest BCUT2D eigenvalue weighted by Gasteiger charge is -2.23. The summed E-state index contributed by atoms with van der Waals surface area (Å²) in [6.45, 7) is 2.52. The van der Waals surface area contributed by atoms with Crippen molar-refractivity contribution in [2.24, 2.45) is 4.99 Å². The average molecular weight is 500 g/mol. The van der Waals surface area contributed by atoms with Crippen LogP contribution in [0.4, 0.5) is 5.69 Å². The van der Waals surface area contributed by atoms with E-state index < -0.39 is 4.92 Å². The van der Waals surface area contributed by atoms with E-state index in [-0.39, 0.29) is 35.8 Å². The van der Waals surface area contributed by atoms with Crippen molar-refractivity contribution >= 4 is 35.6 Å². The van der Waals surface area contributed by atoms with Crippen LogP contribution in [-0.2, 0) is 17.8 Å². The highest BCUT2D eigenvalue weighted by molar-refractivity contribution is 14.0. The van der Waals surface area contributed by atoms with Crippen molar-refractivity contribution in [1.82, 2.24) is 10.2 Å². The largest absolute Gasteiger partial charge is 0.467 e. The highest BCUT2D eigenvalue weighted by Gasteiger charge is 2.17. The van der Waals surface area contributed by atoms with Crippen molar-refractivity contribution in [3.8, 4) is 0 Å². The molecule has 2 heterocycles. The molecule has 1 aromatic carbocycles. The van der Waals surface area contributed by atoms with Gasteiger partial charge in [0.25, 0.3) is 5.69 Å². The molecule has 1 N–H and O–H groups in total. The molecular formula is C19H25IN4O4. The molecule has 8 nitrogen and oxygen atoms in total. The smallest absolute Gasteiger partial charge is 0.269 e. The lowest BCUT2D eigenvalue weighted by molar-refractivity contribution is -0.384. The number of ether oxygens (including phenoxy) is 1. The van der Waals surface area contributed by atoms with Gasteiger partial charge >= 0.3 is 0 Å². The molecule has 3 rings (SSSR count). The van der Waals surface area contributed by atoms with Crippen LogP contribution in [0.1, 0.15) is 24.2 Å². The number of nitro groups is 1. The molecule has 2 aromatic rings. The Balaban J connectivity index is 0.00000280. The number of rotatable bonds is 7. The van der Waals surface area contributed by atoms with E-state index >= 15 is 0 Å². The SMILES string of the molecule is CN(Cc1ccco1)C(=NCc1ccc([N+](=O)[O-])cc1)NCC1CCCO1.I. The highest BCUT2D eigenvalue weighted by atomic mass is 127. The topological polar surface area (TPSA) is 93.1 Å². The maximum absolute atomic E-state index is 10.8. The third kappa shape index (κ3) is 6.48. The van der Waals surface area contributed by atoms with Crippen LogP contribution in [0, 0.1) is 10.1 Å². The second-order valence-electron chi connectivity index (χ2n) is 6.51. The van der Waals surface area contributed by atoms with Gasteiger partial charge in [-0.15, -0.1) is 24.0 Å². The van der Waals surface area contributed by atoms with Crippen molar-refractivity contribution in [3.63, 3.8) is 0 Å². The van der Waals surface area contributed by atoms with Gasteiger partial charge in [-0.05, 0) is 30.5 Å². The summed E-state index contributed by atoms with van der Waals surface area (Å²) in [4.78, 5) is 17.0. The third-order valence-electron chi connectivity index (χ3n) is 4.41. The van der Waals surface area contributed by atoms with Crippen molar-refractivity contribution in [3.05, 3.63) is 64.1 Å². The van der Waals surface area contributed by atoms with Gasteiger partial charge in [-0.25, -0.2) is 4.99 Å². The number of benzene rings is 1. The van der Waals surface area contributed by atoms with Crippen LogP contribution in [0.5, 0.6) is 0 Å². The molecule has 1 saturated heterocycles. The van der Waals surface area contributed by atoms with Crippen LogP contribution in [-0.4, -0.2) is 42.1 Å². The van der Waals surface area contributed by atoms with E-state index in [1.165, 1.54) is 12.1 Å². The fourth-order valence-corrected chi connectivity index (χ4v) is 2.92. The minimum atomic E-state index is -0.404. The minimum Gasteiger partial charge on any atom is -0.467 e. The minimum absolute atomic E-state index is 0. The van der Waals surface area contributed by atoms with Crippen molar-refractivity contribution in [2.45, 2.75) is 32.0 Å². The van der Waals surface area contributed by atoms with E-state index in [4.69, 9.17) is 9.15 Å². The van der Waals surface area contributed by atoms with Crippen LogP contribution < -0.4 is 5.32 Å². The fourth-order valence-electron chi connectivity index (χ4n) is 2.92. The molecule has 1 fully saturated rings. The molecule has 0 bridgehead atoms. The Morgan fingerprint density at radius 2 is 2.14 bits per heavy atom. The van der Waals surface area contributed by atoms with Crippen molar-refractivity contribution < 1.29 is 14.1 Å². The van der Waals surface area contributed by atoms with Crippen LogP contribution >= 0.6 is 24.0 Å². The van der Waals surface area contributed by atoms with Gasteiger partial charge in [0, 0.05) is 32.3 Å². The van der Waals surface area contributed by atoms with E-state index in [0.717, 1.165) is 36.7 Å². The zero-order valence-electron chi connectivity index (χ0n) is 15.7. The van der Waals surface area contributed by atoms with Crippen molar-refractivity contribution in [2.75, 3.05) is 20.2 Å². The van der Waals surface area contributed by atoms with Gasteiger partial charge in [0.2, 0.25) is 0 Å². The molecule has 152 valence electrons. The van der Waals surface area contributed by atoms with Crippen LogP contribution in [0.25, 0.3) is 0 Å². The maximum Gasteiger partial charge on any atom is 0.269 e. The number of hydrogen-bond donors (Lipinski definition) is 1. The Hall–Kier alpha value is -2.14. The lowest BCUT2D eigenvalue weighted by atomic mass is 10.2. The van der Waals surface area contributed by atoms with E-state index in [2.05, 4.69) is 10.3 Å². The lowest BCUT2D eigenvalue weighted by Crippen LogP contribution is -2.41. The third-order valence-corrected chi connectivity index (χ3v) is 4.41. The Bertz CT molecular complexity index is 759. The second kappa shape index (κ2) is 11.0. The fraction of sp³-hybridized carbons (Fsp3) is 0.421. The van der Waals surface area contributed by atoms with E-state index in [0.29, 0.717) is 19.6 Å². The second-order valence-corrected chi connectivity index (χ2v) is 6.51. The van der Waals surface area contributed by atoms with Gasteiger partial charge in [-0.2, -0.15) is 0 Å². The molecule has 0 spiro atoms. The predicted molar refractivity (Wildman–Crippen MR) is 117 cm³/mol. The number of halogens is 1. The summed E-state index contributed by atoms with van der Waals surface area (Å²) in [6.07, 6.45) is 3.98. The Morgan fingerprint density at radius 3 is 2.75 bits per heavy atom. The standard InChI is InChI=1S/C19H24N4O4.HI/c1-22(14-18-5-3-11-27-18)19(21-13-17-4-2-10-26-17)20-12-15-6-8-16(9-7-15)23(24)25;/h3,5-9,11,17H,2,4,10,12-14H2,1H3,(H,20,21);1H. The molecule has 0 amide bonds. The van der Waals surface area contributed by atoms with E-state index in [1.54, 1.807) is 18.4 Å². The van der Waals surface area contributed by atoms with Gasteiger partial charge < -0.3 is 19.4 Å². The first kappa shape index (κ1) is 22.2. The van der Waals surface area contributed by atoms with E-state index in [9.17, 15) is 10.1 Å². The summed E-state index contributed by atoms with van der Waals surface area (Å²) in [5, 5.41) is 14.1. The number of nitro benzene ring substituents is 1. The summed E-state index contributed by atoms with van der Waals surface area (Å²) in [7, 11) is 1.94. The number of nitrogens with zero attached hydrogens (tertiary/aromatic N) is 3. The zero-order chi connectivity index (χ0) is 19.1. The molecule has 28 heavy (non-hydrogen) atoms. The van der Waals surface area contributed by atoms with Gasteiger partial charge in [-0.1, -0.05) is 12.1 Å². The highest BCUT2D eigenvalue weighted by Crippen LogP contribution is 2.14. The number of furan rings is 1. The first-order valence-electron chi connectivity index (χ1n) is 8.98. The van der Waals surface area contributed by atoms with E-state index in [1.807, 2.05) is 24.1 Å². The summed E-state index contributed by atoms with van der Waals surface area (Å²) in [6, 6.07) is 10.2. The van der Waals surface area contributed by atoms with Gasteiger partial charge in [0.05, 0.1) is 30.4 Å². The van der Waals surface area contributed by atoms with Crippen molar-refractivity contribution in [1.29, 1.82) is 0 Å². The van der Waals surface area contributed by atoms with Gasteiger partial charge in [0.15, 0.2) is 5.96 Å². The van der Waals surface area contributed by atoms with Gasteiger partial charge in [0.1, 0.15) is 5.76 Å². The molecular weight excluding hydrogens is 475 g/mol. The number of nitrogens with one attached hydrogen (secondary N) is 1. The predicted octanol–water partition coefficient (Wildman–Crippen LogP) is 3.56. The number of guanidine groups is 1. The van der Waals surface area contributed by atoms with Gasteiger partial charge in [-0.3, -0.25) is 10.1 Å². The average Bonchev–Trinajstić information content (AvgIpc) is 3.36. The normalized spacial score (nSPS) is 16.5.